The van der Waals surface area contributed by atoms with Gasteiger partial charge in [0.2, 0.25) is 0 Å². The molecule has 1 spiro atoms. The van der Waals surface area contributed by atoms with Gasteiger partial charge in [0.25, 0.3) is 0 Å². The average Bonchev–Trinajstić information content (AvgIpc) is 2.29. The molecule has 3 aliphatic rings. The minimum atomic E-state index is 0.292. The second-order valence-electron chi connectivity index (χ2n) is 5.72. The highest BCUT2D eigenvalue weighted by Gasteiger charge is 2.42. The summed E-state index contributed by atoms with van der Waals surface area (Å²) in [5.74, 6) is 0. The van der Waals surface area contributed by atoms with Gasteiger partial charge in [-0.2, -0.15) is 0 Å². The van der Waals surface area contributed by atoms with E-state index < -0.39 is 0 Å². The summed E-state index contributed by atoms with van der Waals surface area (Å²) in [6.07, 6.45) is 14.9. The number of hydrogen-bond donors (Lipinski definition) is 1. The minimum Gasteiger partial charge on any atom is -0.375 e. The first-order valence-corrected chi connectivity index (χ1v) is 6.91. The Morgan fingerprint density at radius 1 is 1.12 bits per heavy atom. The molecule has 2 aliphatic carbocycles. The van der Waals surface area contributed by atoms with Crippen molar-refractivity contribution in [3.8, 4) is 0 Å². The van der Waals surface area contributed by atoms with E-state index in [1.54, 1.807) is 0 Å². The first-order chi connectivity index (χ1) is 7.86. The van der Waals surface area contributed by atoms with Crippen molar-refractivity contribution in [1.82, 2.24) is 5.32 Å². The van der Waals surface area contributed by atoms with Crippen molar-refractivity contribution in [2.45, 2.75) is 69.1 Å². The van der Waals surface area contributed by atoms with Gasteiger partial charge in [0.05, 0.1) is 5.60 Å². The van der Waals surface area contributed by atoms with E-state index in [1.807, 2.05) is 0 Å². The molecule has 0 amide bonds. The van der Waals surface area contributed by atoms with Crippen molar-refractivity contribution in [2.75, 3.05) is 6.61 Å². The van der Waals surface area contributed by atoms with E-state index in [1.165, 1.54) is 51.4 Å². The topological polar surface area (TPSA) is 21.3 Å². The fourth-order valence-corrected chi connectivity index (χ4v) is 3.37. The van der Waals surface area contributed by atoms with Gasteiger partial charge in [-0.25, -0.2) is 0 Å². The van der Waals surface area contributed by atoms with Gasteiger partial charge < -0.3 is 10.1 Å². The van der Waals surface area contributed by atoms with Crippen LogP contribution < -0.4 is 5.32 Å². The van der Waals surface area contributed by atoms with Crippen LogP contribution in [0, 0.1) is 0 Å². The summed E-state index contributed by atoms with van der Waals surface area (Å²) in [5, 5.41) is 3.85. The molecule has 2 heteroatoms. The molecule has 2 atom stereocenters. The van der Waals surface area contributed by atoms with Gasteiger partial charge in [0, 0.05) is 18.7 Å². The van der Waals surface area contributed by atoms with Gasteiger partial charge in [0.15, 0.2) is 0 Å². The molecule has 1 heterocycles. The average molecular weight is 221 g/mol. The third-order valence-electron chi connectivity index (χ3n) is 4.50. The quantitative estimate of drug-likeness (QED) is 0.724. The van der Waals surface area contributed by atoms with Crippen LogP contribution in [-0.2, 0) is 4.74 Å². The highest BCUT2D eigenvalue weighted by Crippen LogP contribution is 2.42. The standard InChI is InChI=1S/C14H23NO/c1-2-5-12(6-3-1)15-13-7-10-16-14(11-13)8-4-9-14/h1-2,12-13,15H,3-11H2. The highest BCUT2D eigenvalue weighted by atomic mass is 16.5. The van der Waals surface area contributed by atoms with Crippen LogP contribution in [0.5, 0.6) is 0 Å². The number of allylic oxidation sites excluding steroid dienone is 1. The molecular weight excluding hydrogens is 198 g/mol. The van der Waals surface area contributed by atoms with Crippen LogP contribution in [0.15, 0.2) is 12.2 Å². The van der Waals surface area contributed by atoms with E-state index in [-0.39, 0.29) is 0 Å². The van der Waals surface area contributed by atoms with Crippen molar-refractivity contribution >= 4 is 0 Å². The highest BCUT2D eigenvalue weighted by molar-refractivity contribution is 4.99. The van der Waals surface area contributed by atoms with E-state index in [4.69, 9.17) is 4.74 Å². The van der Waals surface area contributed by atoms with Crippen molar-refractivity contribution in [3.63, 3.8) is 0 Å². The number of rotatable bonds is 2. The molecule has 0 bridgehead atoms. The molecule has 3 rings (SSSR count). The van der Waals surface area contributed by atoms with Crippen LogP contribution >= 0.6 is 0 Å². The van der Waals surface area contributed by atoms with Crippen LogP contribution in [0.25, 0.3) is 0 Å². The summed E-state index contributed by atoms with van der Waals surface area (Å²) < 4.78 is 5.97. The second kappa shape index (κ2) is 4.50. The van der Waals surface area contributed by atoms with Gasteiger partial charge in [-0.05, 0) is 51.4 Å². The van der Waals surface area contributed by atoms with E-state index >= 15 is 0 Å². The largest absolute Gasteiger partial charge is 0.375 e. The summed E-state index contributed by atoms with van der Waals surface area (Å²) in [4.78, 5) is 0. The maximum Gasteiger partial charge on any atom is 0.0697 e. The Labute approximate surface area is 98.4 Å². The summed E-state index contributed by atoms with van der Waals surface area (Å²) >= 11 is 0. The van der Waals surface area contributed by atoms with Crippen LogP contribution in [-0.4, -0.2) is 24.3 Å². The van der Waals surface area contributed by atoms with Crippen LogP contribution in [0.1, 0.15) is 51.4 Å². The Morgan fingerprint density at radius 3 is 2.75 bits per heavy atom. The maximum atomic E-state index is 5.97. The third-order valence-corrected chi connectivity index (χ3v) is 4.50. The SMILES string of the molecule is C1=CCC(NC2CCOC3(CCC3)C2)CC1. The van der Waals surface area contributed by atoms with Crippen molar-refractivity contribution in [1.29, 1.82) is 0 Å². The van der Waals surface area contributed by atoms with E-state index in [0.29, 0.717) is 11.6 Å². The molecule has 0 aromatic heterocycles. The fraction of sp³-hybridized carbons (Fsp3) is 0.857. The Bertz CT molecular complexity index is 270. The zero-order valence-corrected chi connectivity index (χ0v) is 10.1. The lowest BCUT2D eigenvalue weighted by Crippen LogP contribution is -2.52. The molecule has 16 heavy (non-hydrogen) atoms. The van der Waals surface area contributed by atoms with Crippen molar-refractivity contribution in [3.05, 3.63) is 12.2 Å². The van der Waals surface area contributed by atoms with Crippen LogP contribution in [0.4, 0.5) is 0 Å². The van der Waals surface area contributed by atoms with Crippen LogP contribution in [0.3, 0.4) is 0 Å². The number of ether oxygens (including phenoxy) is 1. The molecule has 90 valence electrons. The number of nitrogens with one attached hydrogen (secondary N) is 1. The lowest BCUT2D eigenvalue weighted by atomic mass is 9.73. The molecule has 1 saturated heterocycles. The molecule has 0 aromatic rings. The normalized spacial score (nSPS) is 37.2. The predicted molar refractivity (Wildman–Crippen MR) is 65.5 cm³/mol. The van der Waals surface area contributed by atoms with Crippen molar-refractivity contribution in [2.24, 2.45) is 0 Å². The lowest BCUT2D eigenvalue weighted by Gasteiger charge is -2.48. The first-order valence-electron chi connectivity index (χ1n) is 6.91. The van der Waals surface area contributed by atoms with Gasteiger partial charge in [0.1, 0.15) is 0 Å². The van der Waals surface area contributed by atoms with Crippen LogP contribution in [0.2, 0.25) is 0 Å². The molecule has 2 fully saturated rings. The summed E-state index contributed by atoms with van der Waals surface area (Å²) in [7, 11) is 0. The predicted octanol–water partition coefficient (Wildman–Crippen LogP) is 2.79. The van der Waals surface area contributed by atoms with Crippen molar-refractivity contribution < 1.29 is 4.74 Å². The molecule has 2 unspecified atom stereocenters. The molecule has 0 aromatic carbocycles. The van der Waals surface area contributed by atoms with E-state index in [9.17, 15) is 0 Å². The second-order valence-corrected chi connectivity index (χ2v) is 5.72. The maximum absolute atomic E-state index is 5.97. The monoisotopic (exact) mass is 221 g/mol. The Morgan fingerprint density at radius 2 is 2.06 bits per heavy atom. The van der Waals surface area contributed by atoms with E-state index in [2.05, 4.69) is 17.5 Å². The minimum absolute atomic E-state index is 0.292. The van der Waals surface area contributed by atoms with Gasteiger partial charge in [-0.15, -0.1) is 0 Å². The lowest BCUT2D eigenvalue weighted by molar-refractivity contribution is -0.136. The molecular formula is C14H23NO. The summed E-state index contributed by atoms with van der Waals surface area (Å²) in [6.45, 7) is 0.972. The van der Waals surface area contributed by atoms with Gasteiger partial charge in [-0.1, -0.05) is 12.2 Å². The zero-order chi connectivity index (χ0) is 10.8. The molecule has 1 aliphatic heterocycles. The smallest absolute Gasteiger partial charge is 0.0697 e. The van der Waals surface area contributed by atoms with E-state index in [0.717, 1.165) is 12.6 Å². The summed E-state index contributed by atoms with van der Waals surface area (Å²) in [6, 6.07) is 1.44. The fourth-order valence-electron chi connectivity index (χ4n) is 3.37. The molecule has 1 saturated carbocycles. The Hall–Kier alpha value is -0.340. The third kappa shape index (κ3) is 2.18. The molecule has 1 N–H and O–H groups in total. The van der Waals surface area contributed by atoms with Gasteiger partial charge in [-0.3, -0.25) is 0 Å². The Balaban J connectivity index is 1.52. The molecule has 0 radical (unpaired) electrons. The molecule has 2 nitrogen and oxygen atoms in total. The van der Waals surface area contributed by atoms with Gasteiger partial charge >= 0.3 is 0 Å². The Kier molecular flexibility index (Phi) is 3.03. The summed E-state index contributed by atoms with van der Waals surface area (Å²) in [5.41, 5.74) is 0.292. The zero-order valence-electron chi connectivity index (χ0n) is 10.1. The number of hydrogen-bond acceptors (Lipinski definition) is 2. The first kappa shape index (κ1) is 10.8.